The molecule has 1 aliphatic rings. The van der Waals surface area contributed by atoms with Crippen LogP contribution in [0.15, 0.2) is 0 Å². The first-order chi connectivity index (χ1) is 6.97. The van der Waals surface area contributed by atoms with E-state index < -0.39 is 0 Å². The topological polar surface area (TPSA) is 21.3 Å². The van der Waals surface area contributed by atoms with E-state index in [4.69, 9.17) is 4.74 Å². The molecule has 1 fully saturated rings. The highest BCUT2D eigenvalue weighted by Crippen LogP contribution is 2.21. The monoisotopic (exact) mass is 213 g/mol. The maximum absolute atomic E-state index is 5.47. The molecule has 1 aliphatic heterocycles. The van der Waals surface area contributed by atoms with Crippen LogP contribution in [0.4, 0.5) is 0 Å². The van der Waals surface area contributed by atoms with E-state index >= 15 is 0 Å². The van der Waals surface area contributed by atoms with Crippen molar-refractivity contribution in [3.63, 3.8) is 0 Å². The molecule has 0 saturated carbocycles. The summed E-state index contributed by atoms with van der Waals surface area (Å²) in [6.45, 7) is 11.1. The normalized spacial score (nSPS) is 25.2. The molecule has 2 atom stereocenters. The highest BCUT2D eigenvalue weighted by Gasteiger charge is 2.17. The van der Waals surface area contributed by atoms with Gasteiger partial charge in [0.1, 0.15) is 0 Å². The minimum atomic E-state index is 0.457. The first kappa shape index (κ1) is 13.0. The van der Waals surface area contributed by atoms with Crippen LogP contribution in [0, 0.1) is 5.41 Å². The van der Waals surface area contributed by atoms with Gasteiger partial charge in [-0.3, -0.25) is 0 Å². The van der Waals surface area contributed by atoms with E-state index in [0.29, 0.717) is 17.5 Å². The van der Waals surface area contributed by atoms with Crippen molar-refractivity contribution >= 4 is 0 Å². The van der Waals surface area contributed by atoms with Crippen LogP contribution in [-0.4, -0.2) is 25.3 Å². The second kappa shape index (κ2) is 5.86. The van der Waals surface area contributed by atoms with E-state index in [0.717, 1.165) is 13.2 Å². The summed E-state index contributed by atoms with van der Waals surface area (Å²) in [5.74, 6) is 0. The Morgan fingerprint density at radius 2 is 2.13 bits per heavy atom. The van der Waals surface area contributed by atoms with Gasteiger partial charge < -0.3 is 10.1 Å². The van der Waals surface area contributed by atoms with Gasteiger partial charge >= 0.3 is 0 Å². The minimum Gasteiger partial charge on any atom is -0.380 e. The molecule has 2 unspecified atom stereocenters. The molecule has 0 radical (unpaired) electrons. The van der Waals surface area contributed by atoms with Gasteiger partial charge in [-0.1, -0.05) is 20.8 Å². The van der Waals surface area contributed by atoms with Crippen molar-refractivity contribution in [1.29, 1.82) is 0 Å². The summed E-state index contributed by atoms with van der Waals surface area (Å²) in [6.07, 6.45) is 5.04. The van der Waals surface area contributed by atoms with Crippen molar-refractivity contribution in [1.82, 2.24) is 5.32 Å². The van der Waals surface area contributed by atoms with Crippen molar-refractivity contribution in [3.05, 3.63) is 0 Å². The molecule has 0 aromatic rings. The molecule has 1 heterocycles. The van der Waals surface area contributed by atoms with Crippen LogP contribution in [0.3, 0.4) is 0 Å². The molecule has 0 amide bonds. The number of ether oxygens (including phenoxy) is 1. The first-order valence-electron chi connectivity index (χ1n) is 6.31. The molecule has 0 bridgehead atoms. The van der Waals surface area contributed by atoms with Gasteiger partial charge in [0, 0.05) is 18.7 Å². The van der Waals surface area contributed by atoms with Gasteiger partial charge in [0.05, 0.1) is 6.61 Å². The standard InChI is InChI=1S/C13H27NO/c1-11(7-8-13(2,3)4)14-12-6-5-9-15-10-12/h11-12,14H,5-10H2,1-4H3. The molecule has 1 N–H and O–H groups in total. The van der Waals surface area contributed by atoms with Crippen LogP contribution < -0.4 is 5.32 Å². The lowest BCUT2D eigenvalue weighted by Crippen LogP contribution is -2.42. The third-order valence-corrected chi connectivity index (χ3v) is 3.01. The van der Waals surface area contributed by atoms with Crippen molar-refractivity contribution in [2.45, 2.75) is 65.5 Å². The van der Waals surface area contributed by atoms with E-state index in [-0.39, 0.29) is 0 Å². The average Bonchev–Trinajstić information content (AvgIpc) is 2.15. The van der Waals surface area contributed by atoms with Crippen molar-refractivity contribution in [2.24, 2.45) is 5.41 Å². The zero-order valence-corrected chi connectivity index (χ0v) is 10.8. The lowest BCUT2D eigenvalue weighted by molar-refractivity contribution is 0.0662. The van der Waals surface area contributed by atoms with Gasteiger partial charge in [0.25, 0.3) is 0 Å². The van der Waals surface area contributed by atoms with E-state index in [2.05, 4.69) is 33.0 Å². The molecule has 2 nitrogen and oxygen atoms in total. The summed E-state index contributed by atoms with van der Waals surface area (Å²) in [4.78, 5) is 0. The first-order valence-corrected chi connectivity index (χ1v) is 6.31. The Bertz CT molecular complexity index is 168. The quantitative estimate of drug-likeness (QED) is 0.775. The second-order valence-corrected chi connectivity index (χ2v) is 6.08. The van der Waals surface area contributed by atoms with Crippen molar-refractivity contribution in [2.75, 3.05) is 13.2 Å². The predicted molar refractivity (Wildman–Crippen MR) is 65.1 cm³/mol. The molecule has 2 heteroatoms. The van der Waals surface area contributed by atoms with Crippen LogP contribution in [0.25, 0.3) is 0 Å². The Morgan fingerprint density at radius 1 is 1.40 bits per heavy atom. The number of rotatable bonds is 4. The third-order valence-electron chi connectivity index (χ3n) is 3.01. The summed E-state index contributed by atoms with van der Waals surface area (Å²) in [7, 11) is 0. The minimum absolute atomic E-state index is 0.457. The zero-order chi connectivity index (χ0) is 11.3. The Balaban J connectivity index is 2.14. The van der Waals surface area contributed by atoms with Crippen LogP contribution in [0.5, 0.6) is 0 Å². The second-order valence-electron chi connectivity index (χ2n) is 6.08. The maximum atomic E-state index is 5.47. The summed E-state index contributed by atoms with van der Waals surface area (Å²) in [5, 5.41) is 3.67. The van der Waals surface area contributed by atoms with E-state index in [1.807, 2.05) is 0 Å². The Kier molecular flexibility index (Phi) is 5.07. The highest BCUT2D eigenvalue weighted by molar-refractivity contribution is 4.75. The predicted octanol–water partition coefficient (Wildman–Crippen LogP) is 2.97. The summed E-state index contributed by atoms with van der Waals surface area (Å²) < 4.78 is 5.47. The molecular weight excluding hydrogens is 186 g/mol. The Morgan fingerprint density at radius 3 is 2.67 bits per heavy atom. The van der Waals surface area contributed by atoms with E-state index in [1.54, 1.807) is 0 Å². The number of nitrogens with one attached hydrogen (secondary N) is 1. The fourth-order valence-corrected chi connectivity index (χ4v) is 2.01. The van der Waals surface area contributed by atoms with Gasteiger partial charge in [-0.2, -0.15) is 0 Å². The smallest absolute Gasteiger partial charge is 0.0619 e. The number of hydrogen-bond acceptors (Lipinski definition) is 2. The molecule has 1 saturated heterocycles. The van der Waals surface area contributed by atoms with Gasteiger partial charge in [-0.25, -0.2) is 0 Å². The molecule has 1 rings (SSSR count). The molecule has 0 aliphatic carbocycles. The van der Waals surface area contributed by atoms with Gasteiger partial charge in [-0.15, -0.1) is 0 Å². The van der Waals surface area contributed by atoms with Crippen LogP contribution >= 0.6 is 0 Å². The lowest BCUT2D eigenvalue weighted by atomic mass is 9.89. The Labute approximate surface area is 94.8 Å². The molecule has 0 aromatic heterocycles. The van der Waals surface area contributed by atoms with Gasteiger partial charge in [0.2, 0.25) is 0 Å². The van der Waals surface area contributed by atoms with Gasteiger partial charge in [0.15, 0.2) is 0 Å². The summed E-state index contributed by atoms with van der Waals surface area (Å²) >= 11 is 0. The Hall–Kier alpha value is -0.0800. The van der Waals surface area contributed by atoms with E-state index in [1.165, 1.54) is 25.7 Å². The van der Waals surface area contributed by atoms with Gasteiger partial charge in [-0.05, 0) is 38.0 Å². The van der Waals surface area contributed by atoms with Crippen LogP contribution in [-0.2, 0) is 4.74 Å². The zero-order valence-electron chi connectivity index (χ0n) is 10.8. The van der Waals surface area contributed by atoms with Crippen molar-refractivity contribution < 1.29 is 4.74 Å². The molecule has 0 spiro atoms. The SMILES string of the molecule is CC(CCC(C)(C)C)NC1CCCOC1. The maximum Gasteiger partial charge on any atom is 0.0619 e. The third kappa shape index (κ3) is 6.16. The fourth-order valence-electron chi connectivity index (χ4n) is 2.01. The van der Waals surface area contributed by atoms with E-state index in [9.17, 15) is 0 Å². The average molecular weight is 213 g/mol. The molecular formula is C13H27NO. The van der Waals surface area contributed by atoms with Crippen molar-refractivity contribution in [3.8, 4) is 0 Å². The highest BCUT2D eigenvalue weighted by atomic mass is 16.5. The van der Waals surface area contributed by atoms with Crippen LogP contribution in [0.2, 0.25) is 0 Å². The lowest BCUT2D eigenvalue weighted by Gasteiger charge is -2.28. The fraction of sp³-hybridized carbons (Fsp3) is 1.00. The molecule has 0 aromatic carbocycles. The molecule has 90 valence electrons. The largest absolute Gasteiger partial charge is 0.380 e. The molecule has 15 heavy (non-hydrogen) atoms. The summed E-state index contributed by atoms with van der Waals surface area (Å²) in [6, 6.07) is 1.21. The van der Waals surface area contributed by atoms with Crippen LogP contribution in [0.1, 0.15) is 53.4 Å². The summed E-state index contributed by atoms with van der Waals surface area (Å²) in [5.41, 5.74) is 0.457. The number of hydrogen-bond donors (Lipinski definition) is 1.